The number of nitrogens with one attached hydrogen (secondary N) is 2. The summed E-state index contributed by atoms with van der Waals surface area (Å²) in [4.78, 5) is 2.72. The Hall–Kier alpha value is -0.160. The molecule has 110 valence electrons. The van der Waals surface area contributed by atoms with Crippen molar-refractivity contribution in [1.29, 1.82) is 0 Å². The van der Waals surface area contributed by atoms with E-state index in [0.717, 1.165) is 32.2 Å². The van der Waals surface area contributed by atoms with Crippen molar-refractivity contribution in [3.05, 3.63) is 0 Å². The summed E-state index contributed by atoms with van der Waals surface area (Å²) >= 11 is 0. The Bertz CT molecular complexity index is 277. The molecule has 0 aromatic carbocycles. The summed E-state index contributed by atoms with van der Waals surface area (Å²) in [5, 5.41) is 6.92. The van der Waals surface area contributed by atoms with E-state index in [0.29, 0.717) is 24.3 Å². The largest absolute Gasteiger partial charge is 0.375 e. The van der Waals surface area contributed by atoms with Crippen LogP contribution in [0.15, 0.2) is 0 Å². The topological polar surface area (TPSA) is 36.5 Å². The number of ether oxygens (including phenoxy) is 1. The van der Waals surface area contributed by atoms with Gasteiger partial charge in [-0.05, 0) is 52.6 Å². The number of piperazine rings is 1. The number of hydrogen-bond acceptors (Lipinski definition) is 4. The van der Waals surface area contributed by atoms with Crippen LogP contribution >= 0.6 is 0 Å². The van der Waals surface area contributed by atoms with Crippen molar-refractivity contribution < 1.29 is 4.74 Å². The van der Waals surface area contributed by atoms with Gasteiger partial charge in [0.15, 0.2) is 0 Å². The van der Waals surface area contributed by atoms with Gasteiger partial charge >= 0.3 is 0 Å². The maximum Gasteiger partial charge on any atom is 0.0608 e. The fraction of sp³-hybridized carbons (Fsp3) is 1.00. The molecule has 2 heterocycles. The van der Waals surface area contributed by atoms with Crippen molar-refractivity contribution in [3.63, 3.8) is 0 Å². The fourth-order valence-corrected chi connectivity index (χ4v) is 3.96. The quantitative estimate of drug-likeness (QED) is 0.799. The first-order valence-corrected chi connectivity index (χ1v) is 8.08. The predicted octanol–water partition coefficient (Wildman–Crippen LogP) is 0.968. The molecule has 4 heteroatoms. The van der Waals surface area contributed by atoms with Gasteiger partial charge in [0.2, 0.25) is 0 Å². The fourth-order valence-electron chi connectivity index (χ4n) is 3.96. The molecule has 0 radical (unpaired) electrons. The van der Waals surface area contributed by atoms with Crippen LogP contribution in [-0.4, -0.2) is 61.4 Å². The van der Waals surface area contributed by atoms with Crippen LogP contribution in [0.25, 0.3) is 0 Å². The third-order valence-corrected chi connectivity index (χ3v) is 5.06. The van der Waals surface area contributed by atoms with Gasteiger partial charge in [-0.3, -0.25) is 4.90 Å². The van der Waals surface area contributed by atoms with Crippen molar-refractivity contribution in [2.45, 2.75) is 69.9 Å². The Morgan fingerprint density at radius 2 is 1.53 bits per heavy atom. The van der Waals surface area contributed by atoms with Crippen LogP contribution in [0, 0.1) is 0 Å². The Morgan fingerprint density at radius 3 is 2.16 bits per heavy atom. The average Bonchev–Trinajstić information content (AvgIpc) is 2.36. The molecule has 0 bridgehead atoms. The Labute approximate surface area is 117 Å². The maximum absolute atomic E-state index is 6.24. The van der Waals surface area contributed by atoms with Gasteiger partial charge in [0, 0.05) is 31.2 Å². The molecule has 2 saturated heterocycles. The minimum Gasteiger partial charge on any atom is -0.375 e. The van der Waals surface area contributed by atoms with Crippen molar-refractivity contribution in [2.75, 3.05) is 26.2 Å². The number of rotatable bonds is 3. The van der Waals surface area contributed by atoms with Gasteiger partial charge in [-0.25, -0.2) is 0 Å². The summed E-state index contributed by atoms with van der Waals surface area (Å²) in [5.74, 6) is 0. The van der Waals surface area contributed by atoms with E-state index in [1.807, 2.05) is 0 Å². The Kier molecular flexibility index (Phi) is 4.42. The summed E-state index contributed by atoms with van der Waals surface area (Å²) in [5.41, 5.74) is 0. The van der Waals surface area contributed by atoms with Crippen LogP contribution in [-0.2, 0) is 4.74 Å². The lowest BCUT2D eigenvalue weighted by molar-refractivity contribution is -0.110. The van der Waals surface area contributed by atoms with Gasteiger partial charge in [0.05, 0.1) is 12.2 Å². The highest BCUT2D eigenvalue weighted by Gasteiger charge is 2.40. The van der Waals surface area contributed by atoms with Gasteiger partial charge < -0.3 is 15.4 Å². The SMILES string of the molecule is C[C@@H]1CNC[C@H](C)N1C1CC(OC2CCNCC2)C1. The molecule has 0 unspecified atom stereocenters. The molecule has 3 rings (SSSR count). The predicted molar refractivity (Wildman–Crippen MR) is 77.4 cm³/mol. The molecule has 2 atom stereocenters. The number of piperidine rings is 1. The van der Waals surface area contributed by atoms with E-state index < -0.39 is 0 Å². The van der Waals surface area contributed by atoms with Crippen LogP contribution in [0.5, 0.6) is 0 Å². The van der Waals surface area contributed by atoms with Crippen LogP contribution in [0.3, 0.4) is 0 Å². The minimum atomic E-state index is 0.519. The van der Waals surface area contributed by atoms with E-state index in [1.54, 1.807) is 0 Å². The zero-order valence-corrected chi connectivity index (χ0v) is 12.4. The van der Waals surface area contributed by atoms with Crippen LogP contribution < -0.4 is 10.6 Å². The molecule has 0 aromatic rings. The van der Waals surface area contributed by atoms with E-state index >= 15 is 0 Å². The molecule has 2 aliphatic heterocycles. The van der Waals surface area contributed by atoms with Crippen molar-refractivity contribution >= 4 is 0 Å². The van der Waals surface area contributed by atoms with E-state index in [9.17, 15) is 0 Å². The third kappa shape index (κ3) is 3.13. The smallest absolute Gasteiger partial charge is 0.0608 e. The first-order valence-electron chi connectivity index (χ1n) is 8.08. The number of nitrogens with zero attached hydrogens (tertiary/aromatic N) is 1. The third-order valence-electron chi connectivity index (χ3n) is 5.06. The molecule has 0 aromatic heterocycles. The zero-order valence-electron chi connectivity index (χ0n) is 12.4. The average molecular weight is 267 g/mol. The van der Waals surface area contributed by atoms with Crippen LogP contribution in [0.1, 0.15) is 39.5 Å². The molecule has 0 amide bonds. The van der Waals surface area contributed by atoms with Gasteiger partial charge in [-0.15, -0.1) is 0 Å². The summed E-state index contributed by atoms with van der Waals surface area (Å²) in [6, 6.07) is 2.11. The molecular formula is C15H29N3O. The molecule has 3 aliphatic rings. The standard InChI is InChI=1S/C15H29N3O/c1-11-9-17-10-12(2)18(11)13-7-15(8-13)19-14-3-5-16-6-4-14/h11-17H,3-10H2,1-2H3/t11-,12+,13?,15?. The highest BCUT2D eigenvalue weighted by Crippen LogP contribution is 2.33. The van der Waals surface area contributed by atoms with Crippen molar-refractivity contribution in [2.24, 2.45) is 0 Å². The lowest BCUT2D eigenvalue weighted by Crippen LogP contribution is -2.62. The molecule has 1 aliphatic carbocycles. The van der Waals surface area contributed by atoms with Gasteiger partial charge in [-0.1, -0.05) is 0 Å². The first kappa shape index (κ1) is 13.8. The highest BCUT2D eigenvalue weighted by molar-refractivity contribution is 4.95. The first-order chi connectivity index (χ1) is 9.24. The van der Waals surface area contributed by atoms with Crippen LogP contribution in [0.2, 0.25) is 0 Å². The highest BCUT2D eigenvalue weighted by atomic mass is 16.5. The monoisotopic (exact) mass is 267 g/mol. The van der Waals surface area contributed by atoms with Crippen molar-refractivity contribution in [1.82, 2.24) is 15.5 Å². The number of hydrogen-bond donors (Lipinski definition) is 2. The second-order valence-electron chi connectivity index (χ2n) is 6.64. The van der Waals surface area contributed by atoms with E-state index in [-0.39, 0.29) is 0 Å². The molecule has 0 spiro atoms. The van der Waals surface area contributed by atoms with E-state index in [4.69, 9.17) is 4.74 Å². The lowest BCUT2D eigenvalue weighted by atomic mass is 9.85. The molecule has 3 fully saturated rings. The van der Waals surface area contributed by atoms with Crippen molar-refractivity contribution in [3.8, 4) is 0 Å². The Balaban J connectivity index is 1.43. The van der Waals surface area contributed by atoms with E-state index in [2.05, 4.69) is 29.4 Å². The Morgan fingerprint density at radius 1 is 0.895 bits per heavy atom. The summed E-state index contributed by atoms with van der Waals surface area (Å²) < 4.78 is 6.24. The zero-order chi connectivity index (χ0) is 13.2. The van der Waals surface area contributed by atoms with Gasteiger partial charge in [-0.2, -0.15) is 0 Å². The molecule has 19 heavy (non-hydrogen) atoms. The lowest BCUT2D eigenvalue weighted by Gasteiger charge is -2.51. The second kappa shape index (κ2) is 6.08. The molecule has 4 nitrogen and oxygen atoms in total. The van der Waals surface area contributed by atoms with Crippen LogP contribution in [0.4, 0.5) is 0 Å². The van der Waals surface area contributed by atoms with Gasteiger partial charge in [0.25, 0.3) is 0 Å². The summed E-state index contributed by atoms with van der Waals surface area (Å²) in [6.45, 7) is 9.24. The molecular weight excluding hydrogens is 238 g/mol. The molecule has 2 N–H and O–H groups in total. The molecule has 1 saturated carbocycles. The maximum atomic E-state index is 6.24. The second-order valence-corrected chi connectivity index (χ2v) is 6.64. The van der Waals surface area contributed by atoms with E-state index in [1.165, 1.54) is 25.7 Å². The van der Waals surface area contributed by atoms with Gasteiger partial charge in [0.1, 0.15) is 0 Å². The summed E-state index contributed by atoms with van der Waals surface area (Å²) in [7, 11) is 0. The normalized spacial score (nSPS) is 42.0. The minimum absolute atomic E-state index is 0.519. The summed E-state index contributed by atoms with van der Waals surface area (Å²) in [6.07, 6.45) is 5.94.